The number of nitrogens with one attached hydrogen (secondary N) is 1. The minimum Gasteiger partial charge on any atom is -0.496 e. The van der Waals surface area contributed by atoms with Crippen LogP contribution in [0.2, 0.25) is 0 Å². The first-order chi connectivity index (χ1) is 10.1. The lowest BCUT2D eigenvalue weighted by Crippen LogP contribution is -2.30. The summed E-state index contributed by atoms with van der Waals surface area (Å²) in [4.78, 5) is 23.9. The minimum atomic E-state index is -0.621. The molecular formula is C17H17NO3. The molecule has 1 amide bonds. The zero-order valence-electron chi connectivity index (χ0n) is 12.1. The number of aryl methyl sites for hydroxylation is 1. The van der Waals surface area contributed by atoms with E-state index in [1.807, 2.05) is 31.2 Å². The van der Waals surface area contributed by atoms with Gasteiger partial charge < -0.3 is 10.1 Å². The SMILES string of the molecule is COc1ccccc1CNC(=O)C(=O)c1ccc(C)cc1. The molecule has 2 aromatic rings. The van der Waals surface area contributed by atoms with Crippen molar-refractivity contribution in [2.45, 2.75) is 13.5 Å². The molecule has 0 aliphatic rings. The number of ketones is 1. The Hall–Kier alpha value is -2.62. The summed E-state index contributed by atoms with van der Waals surface area (Å²) in [5.41, 5.74) is 2.25. The highest BCUT2D eigenvalue weighted by Gasteiger charge is 2.16. The Balaban J connectivity index is 2.01. The van der Waals surface area contributed by atoms with E-state index >= 15 is 0 Å². The first kappa shape index (κ1) is 14.8. The highest BCUT2D eigenvalue weighted by Crippen LogP contribution is 2.16. The third kappa shape index (κ3) is 3.69. The topological polar surface area (TPSA) is 55.4 Å². The fourth-order valence-electron chi connectivity index (χ4n) is 1.94. The molecule has 0 fully saturated rings. The summed E-state index contributed by atoms with van der Waals surface area (Å²) < 4.78 is 5.20. The number of benzene rings is 2. The number of hydrogen-bond acceptors (Lipinski definition) is 3. The molecule has 2 rings (SSSR count). The van der Waals surface area contributed by atoms with Gasteiger partial charge in [0.15, 0.2) is 0 Å². The first-order valence-corrected chi connectivity index (χ1v) is 6.63. The van der Waals surface area contributed by atoms with Gasteiger partial charge in [-0.05, 0) is 13.0 Å². The van der Waals surface area contributed by atoms with Crippen LogP contribution in [0, 0.1) is 6.92 Å². The molecule has 0 radical (unpaired) electrons. The number of carbonyl (C=O) groups excluding carboxylic acids is 2. The Morgan fingerprint density at radius 1 is 1.05 bits per heavy atom. The second-order valence-corrected chi connectivity index (χ2v) is 4.69. The van der Waals surface area contributed by atoms with E-state index in [1.165, 1.54) is 0 Å². The molecule has 2 aromatic carbocycles. The second-order valence-electron chi connectivity index (χ2n) is 4.69. The van der Waals surface area contributed by atoms with E-state index in [0.717, 1.165) is 11.1 Å². The quantitative estimate of drug-likeness (QED) is 0.677. The molecular weight excluding hydrogens is 266 g/mol. The van der Waals surface area contributed by atoms with Gasteiger partial charge in [-0.1, -0.05) is 48.0 Å². The maximum absolute atomic E-state index is 12.0. The second kappa shape index (κ2) is 6.70. The normalized spacial score (nSPS) is 10.0. The Morgan fingerprint density at radius 2 is 1.71 bits per heavy atom. The molecule has 0 saturated heterocycles. The van der Waals surface area contributed by atoms with Crippen molar-refractivity contribution < 1.29 is 14.3 Å². The van der Waals surface area contributed by atoms with E-state index < -0.39 is 11.7 Å². The van der Waals surface area contributed by atoms with Crippen molar-refractivity contribution in [2.75, 3.05) is 7.11 Å². The van der Waals surface area contributed by atoms with Crippen LogP contribution in [0.1, 0.15) is 21.5 Å². The number of carbonyl (C=O) groups is 2. The van der Waals surface area contributed by atoms with E-state index in [2.05, 4.69) is 5.32 Å². The van der Waals surface area contributed by atoms with Crippen molar-refractivity contribution in [3.63, 3.8) is 0 Å². The van der Waals surface area contributed by atoms with E-state index in [0.29, 0.717) is 11.3 Å². The molecule has 0 aromatic heterocycles. The van der Waals surface area contributed by atoms with Crippen LogP contribution in [0.3, 0.4) is 0 Å². The molecule has 4 heteroatoms. The maximum Gasteiger partial charge on any atom is 0.292 e. The molecule has 108 valence electrons. The molecule has 0 spiro atoms. The summed E-state index contributed by atoms with van der Waals surface area (Å²) in [5.74, 6) is -0.477. The summed E-state index contributed by atoms with van der Waals surface area (Å²) in [5, 5.41) is 2.62. The van der Waals surface area contributed by atoms with Gasteiger partial charge >= 0.3 is 0 Å². The number of para-hydroxylation sites is 1. The monoisotopic (exact) mass is 283 g/mol. The third-order valence-corrected chi connectivity index (χ3v) is 3.15. The van der Waals surface area contributed by atoms with E-state index in [4.69, 9.17) is 4.74 Å². The third-order valence-electron chi connectivity index (χ3n) is 3.15. The lowest BCUT2D eigenvalue weighted by molar-refractivity contribution is -0.117. The van der Waals surface area contributed by atoms with Crippen LogP contribution in [-0.4, -0.2) is 18.8 Å². The van der Waals surface area contributed by atoms with Crippen molar-refractivity contribution in [2.24, 2.45) is 0 Å². The van der Waals surface area contributed by atoms with Gasteiger partial charge in [0.25, 0.3) is 5.91 Å². The fraction of sp³-hybridized carbons (Fsp3) is 0.176. The van der Waals surface area contributed by atoms with E-state index in [1.54, 1.807) is 31.4 Å². The van der Waals surface area contributed by atoms with Crippen LogP contribution in [0.15, 0.2) is 48.5 Å². The summed E-state index contributed by atoms with van der Waals surface area (Å²) in [6.07, 6.45) is 0. The van der Waals surface area contributed by atoms with Gasteiger partial charge in [-0.3, -0.25) is 9.59 Å². The molecule has 0 saturated carbocycles. The number of ether oxygens (including phenoxy) is 1. The van der Waals surface area contributed by atoms with Gasteiger partial charge in [0.2, 0.25) is 5.78 Å². The van der Waals surface area contributed by atoms with Gasteiger partial charge in [0.05, 0.1) is 7.11 Å². The zero-order valence-corrected chi connectivity index (χ0v) is 12.1. The highest BCUT2D eigenvalue weighted by atomic mass is 16.5. The van der Waals surface area contributed by atoms with Gasteiger partial charge in [0, 0.05) is 17.7 Å². The zero-order chi connectivity index (χ0) is 15.2. The molecule has 0 aliphatic heterocycles. The summed E-state index contributed by atoms with van der Waals surface area (Å²) in [6.45, 7) is 2.18. The predicted octanol–water partition coefficient (Wildman–Crippen LogP) is 2.50. The lowest BCUT2D eigenvalue weighted by Gasteiger charge is -2.09. The first-order valence-electron chi connectivity index (χ1n) is 6.63. The minimum absolute atomic E-state index is 0.250. The molecule has 0 atom stereocenters. The highest BCUT2D eigenvalue weighted by molar-refractivity contribution is 6.42. The van der Waals surface area contributed by atoms with Crippen molar-refractivity contribution in [3.05, 3.63) is 65.2 Å². The Kier molecular flexibility index (Phi) is 4.72. The Morgan fingerprint density at radius 3 is 2.38 bits per heavy atom. The average molecular weight is 283 g/mol. The van der Waals surface area contributed by atoms with Crippen LogP contribution in [-0.2, 0) is 11.3 Å². The van der Waals surface area contributed by atoms with Crippen LogP contribution in [0.25, 0.3) is 0 Å². The smallest absolute Gasteiger partial charge is 0.292 e. The van der Waals surface area contributed by atoms with Gasteiger partial charge in [-0.25, -0.2) is 0 Å². The lowest BCUT2D eigenvalue weighted by atomic mass is 10.1. The molecule has 0 bridgehead atoms. The van der Waals surface area contributed by atoms with Crippen LogP contribution in [0.5, 0.6) is 5.75 Å². The molecule has 4 nitrogen and oxygen atoms in total. The fourth-order valence-corrected chi connectivity index (χ4v) is 1.94. The molecule has 21 heavy (non-hydrogen) atoms. The molecule has 0 aliphatic carbocycles. The van der Waals surface area contributed by atoms with Gasteiger partial charge in [-0.2, -0.15) is 0 Å². The van der Waals surface area contributed by atoms with Gasteiger partial charge in [-0.15, -0.1) is 0 Å². The summed E-state index contributed by atoms with van der Waals surface area (Å²) in [7, 11) is 1.57. The number of Topliss-reactive ketones (excluding diaryl/α,β-unsaturated/α-hetero) is 1. The van der Waals surface area contributed by atoms with Crippen molar-refractivity contribution in [3.8, 4) is 5.75 Å². The van der Waals surface area contributed by atoms with Crippen LogP contribution in [0.4, 0.5) is 0 Å². The maximum atomic E-state index is 12.0. The number of rotatable bonds is 5. The molecule has 0 unspecified atom stereocenters. The average Bonchev–Trinajstić information content (AvgIpc) is 2.52. The Bertz CT molecular complexity index is 647. The molecule has 0 heterocycles. The van der Waals surface area contributed by atoms with Crippen molar-refractivity contribution >= 4 is 11.7 Å². The van der Waals surface area contributed by atoms with Crippen molar-refractivity contribution in [1.82, 2.24) is 5.32 Å². The number of hydrogen-bond donors (Lipinski definition) is 1. The standard InChI is InChI=1S/C17H17NO3/c1-12-7-9-13(10-8-12)16(19)17(20)18-11-14-5-3-4-6-15(14)21-2/h3-10H,11H2,1-2H3,(H,18,20). The van der Waals surface area contributed by atoms with E-state index in [9.17, 15) is 9.59 Å². The van der Waals surface area contributed by atoms with Crippen LogP contribution < -0.4 is 10.1 Å². The summed E-state index contributed by atoms with van der Waals surface area (Å²) >= 11 is 0. The predicted molar refractivity (Wildman–Crippen MR) is 80.4 cm³/mol. The van der Waals surface area contributed by atoms with E-state index in [-0.39, 0.29) is 6.54 Å². The summed E-state index contributed by atoms with van der Waals surface area (Å²) in [6, 6.07) is 14.3. The van der Waals surface area contributed by atoms with Crippen molar-refractivity contribution in [1.29, 1.82) is 0 Å². The van der Waals surface area contributed by atoms with Gasteiger partial charge in [0.1, 0.15) is 5.75 Å². The molecule has 1 N–H and O–H groups in total. The Labute approximate surface area is 123 Å². The largest absolute Gasteiger partial charge is 0.496 e. The van der Waals surface area contributed by atoms with Crippen LogP contribution >= 0.6 is 0 Å². The number of methoxy groups -OCH3 is 1. The number of amides is 1.